The van der Waals surface area contributed by atoms with Crippen molar-refractivity contribution in [1.82, 2.24) is 4.90 Å². The van der Waals surface area contributed by atoms with Crippen molar-refractivity contribution in [3.63, 3.8) is 0 Å². The van der Waals surface area contributed by atoms with E-state index in [1.54, 1.807) is 0 Å². The number of likely N-dealkylation sites (tertiary alicyclic amines) is 1. The molecule has 2 unspecified atom stereocenters. The lowest BCUT2D eigenvalue weighted by atomic mass is 10.0. The van der Waals surface area contributed by atoms with E-state index in [9.17, 15) is 4.79 Å². The van der Waals surface area contributed by atoms with Crippen molar-refractivity contribution >= 4 is 5.91 Å². The molecule has 2 fully saturated rings. The molecular weight excluding hydrogens is 164 g/mol. The molecule has 3 heteroatoms. The molecule has 13 heavy (non-hydrogen) atoms. The maximum absolute atomic E-state index is 11.5. The second-order valence-electron chi connectivity index (χ2n) is 4.29. The molecule has 2 aliphatic rings. The van der Waals surface area contributed by atoms with Crippen molar-refractivity contribution in [2.75, 3.05) is 19.6 Å². The van der Waals surface area contributed by atoms with Crippen LogP contribution < -0.4 is 5.73 Å². The summed E-state index contributed by atoms with van der Waals surface area (Å²) in [6, 6.07) is 0. The van der Waals surface area contributed by atoms with Gasteiger partial charge in [-0.3, -0.25) is 4.79 Å². The Bertz CT molecular complexity index is 193. The lowest BCUT2D eigenvalue weighted by Gasteiger charge is -2.16. The maximum Gasteiger partial charge on any atom is 0.223 e. The summed E-state index contributed by atoms with van der Waals surface area (Å²) in [5, 5.41) is 0. The molecule has 1 aliphatic heterocycles. The van der Waals surface area contributed by atoms with Crippen LogP contribution in [0, 0.1) is 11.8 Å². The number of hydrogen-bond acceptors (Lipinski definition) is 2. The third kappa shape index (κ3) is 1.70. The Morgan fingerprint density at radius 2 is 1.92 bits per heavy atom. The van der Waals surface area contributed by atoms with Gasteiger partial charge in [0.1, 0.15) is 0 Å². The third-order valence-corrected chi connectivity index (χ3v) is 3.44. The zero-order valence-electron chi connectivity index (χ0n) is 8.04. The lowest BCUT2D eigenvalue weighted by Crippen LogP contribution is -2.30. The highest BCUT2D eigenvalue weighted by Gasteiger charge is 2.37. The van der Waals surface area contributed by atoms with E-state index in [0.29, 0.717) is 13.0 Å². The molecule has 3 nitrogen and oxygen atoms in total. The van der Waals surface area contributed by atoms with E-state index in [1.807, 2.05) is 4.90 Å². The second-order valence-corrected chi connectivity index (χ2v) is 4.29. The molecule has 74 valence electrons. The average Bonchev–Trinajstić information content (AvgIpc) is 2.61. The minimum Gasteiger partial charge on any atom is -0.342 e. The number of nitrogens with zero attached hydrogens (tertiary/aromatic N) is 1. The molecule has 2 rings (SSSR count). The van der Waals surface area contributed by atoms with Gasteiger partial charge in [0.15, 0.2) is 0 Å². The van der Waals surface area contributed by atoms with Crippen LogP contribution in [0.5, 0.6) is 0 Å². The van der Waals surface area contributed by atoms with Gasteiger partial charge in [-0.25, -0.2) is 0 Å². The van der Waals surface area contributed by atoms with E-state index in [-0.39, 0.29) is 5.91 Å². The molecule has 2 atom stereocenters. The van der Waals surface area contributed by atoms with Gasteiger partial charge in [-0.05, 0) is 24.7 Å². The van der Waals surface area contributed by atoms with Crippen LogP contribution in [-0.2, 0) is 4.79 Å². The van der Waals surface area contributed by atoms with E-state index >= 15 is 0 Å². The number of hydrogen-bond donors (Lipinski definition) is 1. The Labute approximate surface area is 79.3 Å². The Balaban J connectivity index is 1.87. The van der Waals surface area contributed by atoms with Gasteiger partial charge in [0, 0.05) is 26.1 Å². The molecule has 0 aromatic carbocycles. The summed E-state index contributed by atoms with van der Waals surface area (Å²) in [5.74, 6) is 1.88. The summed E-state index contributed by atoms with van der Waals surface area (Å²) >= 11 is 0. The molecule has 0 aromatic heterocycles. The number of amides is 1. The zero-order valence-corrected chi connectivity index (χ0v) is 8.04. The van der Waals surface area contributed by atoms with Gasteiger partial charge in [0.2, 0.25) is 5.91 Å². The summed E-state index contributed by atoms with van der Waals surface area (Å²) in [5.41, 5.74) is 5.37. The summed E-state index contributed by atoms with van der Waals surface area (Å²) in [6.07, 6.45) is 4.56. The first-order valence-corrected chi connectivity index (χ1v) is 5.29. The van der Waals surface area contributed by atoms with Crippen LogP contribution in [0.1, 0.15) is 25.7 Å². The van der Waals surface area contributed by atoms with Crippen LogP contribution in [0.15, 0.2) is 0 Å². The molecular formula is C10H18N2O. The molecule has 0 spiro atoms. The molecule has 1 aliphatic carbocycles. The zero-order chi connectivity index (χ0) is 9.26. The average molecular weight is 182 g/mol. The number of rotatable bonds is 2. The van der Waals surface area contributed by atoms with Crippen LogP contribution in [-0.4, -0.2) is 30.4 Å². The predicted octanol–water partition coefficient (Wildman–Crippen LogP) is 0.594. The largest absolute Gasteiger partial charge is 0.342 e. The van der Waals surface area contributed by atoms with E-state index in [4.69, 9.17) is 5.73 Å². The van der Waals surface area contributed by atoms with Crippen LogP contribution in [0.3, 0.4) is 0 Å². The molecule has 1 heterocycles. The van der Waals surface area contributed by atoms with Gasteiger partial charge in [-0.15, -0.1) is 0 Å². The third-order valence-electron chi connectivity index (χ3n) is 3.44. The molecule has 1 saturated heterocycles. The van der Waals surface area contributed by atoms with Gasteiger partial charge in [0.25, 0.3) is 0 Å². The van der Waals surface area contributed by atoms with Gasteiger partial charge < -0.3 is 10.6 Å². The van der Waals surface area contributed by atoms with Gasteiger partial charge in [-0.1, -0.05) is 6.42 Å². The first-order chi connectivity index (χ1) is 6.31. The molecule has 0 aromatic rings. The van der Waals surface area contributed by atoms with E-state index in [2.05, 4.69) is 0 Å². The van der Waals surface area contributed by atoms with Crippen molar-refractivity contribution in [2.45, 2.75) is 25.7 Å². The fraction of sp³-hybridized carbons (Fsp3) is 0.900. The van der Waals surface area contributed by atoms with Crippen LogP contribution >= 0.6 is 0 Å². The molecule has 0 radical (unpaired) electrons. The number of nitrogens with two attached hydrogens (primary N) is 1. The SMILES string of the molecule is NCCC(=O)N1CC2CCCC2C1. The number of fused-ring (bicyclic) bond motifs is 1. The first kappa shape index (κ1) is 9.00. The monoisotopic (exact) mass is 182 g/mol. The first-order valence-electron chi connectivity index (χ1n) is 5.29. The summed E-state index contributed by atoms with van der Waals surface area (Å²) in [6.45, 7) is 2.50. The molecule has 2 N–H and O–H groups in total. The Hall–Kier alpha value is -0.570. The van der Waals surface area contributed by atoms with Crippen molar-refractivity contribution in [1.29, 1.82) is 0 Å². The summed E-state index contributed by atoms with van der Waals surface area (Å²) in [7, 11) is 0. The van der Waals surface area contributed by atoms with Crippen LogP contribution in [0.4, 0.5) is 0 Å². The van der Waals surface area contributed by atoms with Crippen molar-refractivity contribution < 1.29 is 4.79 Å². The van der Waals surface area contributed by atoms with Gasteiger partial charge in [0.05, 0.1) is 0 Å². The quantitative estimate of drug-likeness (QED) is 0.679. The van der Waals surface area contributed by atoms with E-state index < -0.39 is 0 Å². The van der Waals surface area contributed by atoms with Crippen molar-refractivity contribution in [2.24, 2.45) is 17.6 Å². The van der Waals surface area contributed by atoms with Gasteiger partial charge in [-0.2, -0.15) is 0 Å². The fourth-order valence-electron chi connectivity index (χ4n) is 2.72. The number of carbonyl (C=O) groups is 1. The standard InChI is InChI=1S/C10H18N2O/c11-5-4-10(13)12-6-8-2-1-3-9(8)7-12/h8-9H,1-7,11H2. The maximum atomic E-state index is 11.5. The van der Waals surface area contributed by atoms with Crippen molar-refractivity contribution in [3.05, 3.63) is 0 Å². The van der Waals surface area contributed by atoms with Crippen LogP contribution in [0.25, 0.3) is 0 Å². The molecule has 1 amide bonds. The molecule has 1 saturated carbocycles. The Morgan fingerprint density at radius 3 is 2.46 bits per heavy atom. The number of carbonyl (C=O) groups excluding carboxylic acids is 1. The summed E-state index contributed by atoms with van der Waals surface area (Å²) < 4.78 is 0. The normalized spacial score (nSPS) is 32.2. The Kier molecular flexibility index (Phi) is 2.54. The summed E-state index contributed by atoms with van der Waals surface area (Å²) in [4.78, 5) is 13.5. The second kappa shape index (κ2) is 3.66. The van der Waals surface area contributed by atoms with E-state index in [1.165, 1.54) is 19.3 Å². The lowest BCUT2D eigenvalue weighted by molar-refractivity contribution is -0.130. The minimum atomic E-state index is 0.261. The highest BCUT2D eigenvalue weighted by molar-refractivity contribution is 5.76. The molecule has 0 bridgehead atoms. The predicted molar refractivity (Wildman–Crippen MR) is 51.1 cm³/mol. The Morgan fingerprint density at radius 1 is 1.31 bits per heavy atom. The van der Waals surface area contributed by atoms with Crippen LogP contribution in [0.2, 0.25) is 0 Å². The smallest absolute Gasteiger partial charge is 0.223 e. The van der Waals surface area contributed by atoms with E-state index in [0.717, 1.165) is 24.9 Å². The highest BCUT2D eigenvalue weighted by atomic mass is 16.2. The minimum absolute atomic E-state index is 0.261. The topological polar surface area (TPSA) is 46.3 Å². The fourth-order valence-corrected chi connectivity index (χ4v) is 2.72. The van der Waals surface area contributed by atoms with Gasteiger partial charge >= 0.3 is 0 Å². The van der Waals surface area contributed by atoms with Crippen molar-refractivity contribution in [3.8, 4) is 0 Å². The highest BCUT2D eigenvalue weighted by Crippen LogP contribution is 2.37.